The summed E-state index contributed by atoms with van der Waals surface area (Å²) in [7, 11) is 0. The number of aryl methyl sites for hydroxylation is 1. The highest BCUT2D eigenvalue weighted by Crippen LogP contribution is 2.22. The van der Waals surface area contributed by atoms with Crippen molar-refractivity contribution < 1.29 is 9.90 Å². The lowest BCUT2D eigenvalue weighted by atomic mass is 10.1. The zero-order valence-electron chi connectivity index (χ0n) is 12.5. The van der Waals surface area contributed by atoms with Gasteiger partial charge >= 0.3 is 5.97 Å². The predicted molar refractivity (Wildman–Crippen MR) is 82.0 cm³/mol. The van der Waals surface area contributed by atoms with E-state index in [0.29, 0.717) is 6.54 Å². The van der Waals surface area contributed by atoms with Crippen LogP contribution >= 0.6 is 0 Å². The van der Waals surface area contributed by atoms with Crippen LogP contribution < -0.4 is 0 Å². The van der Waals surface area contributed by atoms with Crippen LogP contribution in [0.1, 0.15) is 24.5 Å². The first-order valence-corrected chi connectivity index (χ1v) is 7.13. The minimum Gasteiger partial charge on any atom is -0.480 e. The summed E-state index contributed by atoms with van der Waals surface area (Å²) in [5.74, 6) is -0.802. The number of aromatic nitrogens is 2. The number of aliphatic carboxylic acids is 1. The summed E-state index contributed by atoms with van der Waals surface area (Å²) in [4.78, 5) is 12.9. The van der Waals surface area contributed by atoms with Crippen LogP contribution in [0.15, 0.2) is 30.5 Å². The van der Waals surface area contributed by atoms with Gasteiger partial charge in [-0.3, -0.25) is 14.8 Å². The largest absolute Gasteiger partial charge is 0.480 e. The molecule has 5 nitrogen and oxygen atoms in total. The normalized spacial score (nSPS) is 11.0. The number of carboxylic acids is 1. The topological polar surface area (TPSA) is 69.2 Å². The Kier molecular flexibility index (Phi) is 5.11. The average Bonchev–Trinajstić information content (AvgIpc) is 2.87. The van der Waals surface area contributed by atoms with Crippen LogP contribution in [-0.2, 0) is 11.3 Å². The number of H-pyrrole nitrogens is 1. The molecular weight excluding hydrogens is 266 g/mol. The quantitative estimate of drug-likeness (QED) is 0.821. The highest BCUT2D eigenvalue weighted by atomic mass is 16.4. The number of carboxylic acid groups (broad SMARTS) is 1. The van der Waals surface area contributed by atoms with Crippen molar-refractivity contribution in [3.05, 3.63) is 41.6 Å². The molecule has 112 valence electrons. The van der Waals surface area contributed by atoms with Gasteiger partial charge < -0.3 is 5.11 Å². The molecule has 0 amide bonds. The lowest BCUT2D eigenvalue weighted by molar-refractivity contribution is -0.138. The van der Waals surface area contributed by atoms with E-state index in [1.807, 2.05) is 30.9 Å². The van der Waals surface area contributed by atoms with E-state index in [-0.39, 0.29) is 6.54 Å². The lowest BCUT2D eigenvalue weighted by Gasteiger charge is -2.19. The number of carbonyl (C=O) groups is 1. The molecule has 0 saturated carbocycles. The molecule has 0 atom stereocenters. The number of nitrogens with zero attached hydrogens (tertiary/aromatic N) is 2. The second-order valence-corrected chi connectivity index (χ2v) is 5.24. The number of benzene rings is 1. The van der Waals surface area contributed by atoms with Crippen LogP contribution in [0.2, 0.25) is 0 Å². The minimum absolute atomic E-state index is 0.0480. The van der Waals surface area contributed by atoms with Crippen LogP contribution in [0.3, 0.4) is 0 Å². The van der Waals surface area contributed by atoms with E-state index < -0.39 is 5.97 Å². The van der Waals surface area contributed by atoms with Crippen molar-refractivity contribution >= 4 is 5.97 Å². The molecule has 2 aromatic rings. The van der Waals surface area contributed by atoms with Gasteiger partial charge in [0.1, 0.15) is 0 Å². The molecule has 0 spiro atoms. The number of aromatic amines is 1. The molecule has 0 radical (unpaired) electrons. The number of nitrogens with one attached hydrogen (secondary N) is 1. The molecule has 0 bridgehead atoms. The molecule has 1 heterocycles. The Morgan fingerprint density at radius 3 is 2.67 bits per heavy atom. The van der Waals surface area contributed by atoms with Crippen LogP contribution in [0, 0.1) is 6.92 Å². The summed E-state index contributed by atoms with van der Waals surface area (Å²) in [6.45, 7) is 5.48. The Bertz CT molecular complexity index is 590. The summed E-state index contributed by atoms with van der Waals surface area (Å²) < 4.78 is 0. The molecule has 0 fully saturated rings. The van der Waals surface area contributed by atoms with Crippen molar-refractivity contribution in [2.24, 2.45) is 0 Å². The van der Waals surface area contributed by atoms with Gasteiger partial charge in [0.15, 0.2) is 0 Å². The van der Waals surface area contributed by atoms with Gasteiger partial charge in [0.2, 0.25) is 0 Å². The fourth-order valence-electron chi connectivity index (χ4n) is 2.36. The lowest BCUT2D eigenvalue weighted by Crippen LogP contribution is -2.30. The molecule has 2 rings (SSSR count). The van der Waals surface area contributed by atoms with Gasteiger partial charge in [-0.25, -0.2) is 0 Å². The van der Waals surface area contributed by atoms with E-state index in [1.54, 1.807) is 6.20 Å². The third-order valence-electron chi connectivity index (χ3n) is 3.35. The van der Waals surface area contributed by atoms with Gasteiger partial charge in [0.25, 0.3) is 0 Å². The first kappa shape index (κ1) is 15.3. The summed E-state index contributed by atoms with van der Waals surface area (Å²) in [5.41, 5.74) is 4.26. The Morgan fingerprint density at radius 2 is 2.05 bits per heavy atom. The molecule has 0 aliphatic carbocycles. The van der Waals surface area contributed by atoms with Gasteiger partial charge in [0.05, 0.1) is 18.4 Å². The van der Waals surface area contributed by atoms with Gasteiger partial charge in [-0.05, 0) is 25.5 Å². The predicted octanol–water partition coefficient (Wildman–Crippen LogP) is 2.68. The van der Waals surface area contributed by atoms with Crippen molar-refractivity contribution in [2.45, 2.75) is 26.8 Å². The molecule has 0 aliphatic rings. The van der Waals surface area contributed by atoms with Crippen LogP contribution in [0.5, 0.6) is 0 Å². The first-order chi connectivity index (χ1) is 10.1. The maximum Gasteiger partial charge on any atom is 0.317 e. The summed E-state index contributed by atoms with van der Waals surface area (Å²) in [6, 6.07) is 8.21. The fourth-order valence-corrected chi connectivity index (χ4v) is 2.36. The zero-order chi connectivity index (χ0) is 15.2. The average molecular weight is 287 g/mol. The molecule has 1 aromatic heterocycles. The third kappa shape index (κ3) is 4.16. The molecule has 2 N–H and O–H groups in total. The molecule has 0 unspecified atom stereocenters. The minimum atomic E-state index is -0.802. The first-order valence-electron chi connectivity index (χ1n) is 7.13. The van der Waals surface area contributed by atoms with Crippen molar-refractivity contribution in [1.29, 1.82) is 0 Å². The SMILES string of the molecule is CCCN(CC(=O)O)Cc1cn[nH]c1-c1ccc(C)cc1. The van der Waals surface area contributed by atoms with E-state index in [2.05, 4.69) is 22.3 Å². The molecule has 5 heteroatoms. The highest BCUT2D eigenvalue weighted by molar-refractivity contribution is 5.69. The monoisotopic (exact) mass is 287 g/mol. The fraction of sp³-hybridized carbons (Fsp3) is 0.375. The highest BCUT2D eigenvalue weighted by Gasteiger charge is 2.14. The Labute approximate surface area is 124 Å². The molecule has 21 heavy (non-hydrogen) atoms. The Hall–Kier alpha value is -2.14. The van der Waals surface area contributed by atoms with Gasteiger partial charge in [-0.2, -0.15) is 5.10 Å². The maximum atomic E-state index is 10.9. The van der Waals surface area contributed by atoms with Gasteiger partial charge in [-0.15, -0.1) is 0 Å². The molecule has 0 saturated heterocycles. The van der Waals surface area contributed by atoms with Crippen molar-refractivity contribution in [2.75, 3.05) is 13.1 Å². The number of rotatable bonds is 7. The van der Waals surface area contributed by atoms with E-state index in [1.165, 1.54) is 5.56 Å². The molecule has 0 aliphatic heterocycles. The standard InChI is InChI=1S/C16H21N3O2/c1-3-8-19(11-15(20)21)10-14-9-17-18-16(14)13-6-4-12(2)5-7-13/h4-7,9H,3,8,10-11H2,1-2H3,(H,17,18)(H,20,21). The Balaban J connectivity index is 2.18. The van der Waals surface area contributed by atoms with Crippen LogP contribution in [-0.4, -0.2) is 39.3 Å². The summed E-state index contributed by atoms with van der Waals surface area (Å²) in [6.07, 6.45) is 2.70. The second-order valence-electron chi connectivity index (χ2n) is 5.24. The summed E-state index contributed by atoms with van der Waals surface area (Å²) >= 11 is 0. The van der Waals surface area contributed by atoms with Crippen molar-refractivity contribution in [1.82, 2.24) is 15.1 Å². The van der Waals surface area contributed by atoms with Crippen LogP contribution in [0.25, 0.3) is 11.3 Å². The zero-order valence-corrected chi connectivity index (χ0v) is 12.5. The molecular formula is C16H21N3O2. The molecule has 1 aromatic carbocycles. The second kappa shape index (κ2) is 7.04. The maximum absolute atomic E-state index is 10.9. The third-order valence-corrected chi connectivity index (χ3v) is 3.35. The van der Waals surface area contributed by atoms with Crippen LogP contribution in [0.4, 0.5) is 0 Å². The Morgan fingerprint density at radius 1 is 1.33 bits per heavy atom. The van der Waals surface area contributed by atoms with Gasteiger partial charge in [-0.1, -0.05) is 36.8 Å². The van der Waals surface area contributed by atoms with E-state index in [0.717, 1.165) is 29.8 Å². The summed E-state index contributed by atoms with van der Waals surface area (Å²) in [5, 5.41) is 16.1. The van der Waals surface area contributed by atoms with Gasteiger partial charge in [0, 0.05) is 12.1 Å². The number of hydrogen-bond acceptors (Lipinski definition) is 3. The van der Waals surface area contributed by atoms with E-state index in [9.17, 15) is 4.79 Å². The van der Waals surface area contributed by atoms with Crippen molar-refractivity contribution in [3.63, 3.8) is 0 Å². The van der Waals surface area contributed by atoms with Crippen molar-refractivity contribution in [3.8, 4) is 11.3 Å². The number of hydrogen-bond donors (Lipinski definition) is 2. The van der Waals surface area contributed by atoms with E-state index in [4.69, 9.17) is 5.11 Å². The smallest absolute Gasteiger partial charge is 0.317 e. The van der Waals surface area contributed by atoms with E-state index >= 15 is 0 Å².